The molecule has 0 unspecified atom stereocenters. The van der Waals surface area contributed by atoms with Crippen molar-refractivity contribution in [1.29, 1.82) is 0 Å². The highest BCUT2D eigenvalue weighted by molar-refractivity contribution is 6.30. The predicted molar refractivity (Wildman–Crippen MR) is 92.6 cm³/mol. The van der Waals surface area contributed by atoms with Crippen LogP contribution in [0.4, 0.5) is 5.69 Å². The zero-order valence-electron chi connectivity index (χ0n) is 13.3. The SMILES string of the molecule is CCOCCOC(=O)c1cccc(NC(=O)c2ccc(Cl)cc2)c1. The van der Waals surface area contributed by atoms with Gasteiger partial charge in [-0.2, -0.15) is 0 Å². The van der Waals surface area contributed by atoms with Crippen molar-refractivity contribution in [3.63, 3.8) is 0 Å². The number of ether oxygens (including phenoxy) is 2. The van der Waals surface area contributed by atoms with Crippen LogP contribution in [0.2, 0.25) is 5.02 Å². The summed E-state index contributed by atoms with van der Waals surface area (Å²) in [5.41, 5.74) is 1.35. The van der Waals surface area contributed by atoms with Gasteiger partial charge in [-0.05, 0) is 49.4 Å². The predicted octanol–water partition coefficient (Wildman–Crippen LogP) is 3.79. The molecule has 0 bridgehead atoms. The van der Waals surface area contributed by atoms with E-state index in [0.717, 1.165) is 0 Å². The van der Waals surface area contributed by atoms with E-state index in [1.54, 1.807) is 48.5 Å². The van der Waals surface area contributed by atoms with Crippen molar-refractivity contribution in [3.05, 3.63) is 64.7 Å². The summed E-state index contributed by atoms with van der Waals surface area (Å²) in [5.74, 6) is -0.745. The molecule has 1 N–H and O–H groups in total. The Kier molecular flexibility index (Phi) is 6.78. The van der Waals surface area contributed by atoms with E-state index in [1.807, 2.05) is 6.92 Å². The average Bonchev–Trinajstić information content (AvgIpc) is 2.59. The van der Waals surface area contributed by atoms with Gasteiger partial charge in [-0.15, -0.1) is 0 Å². The number of benzene rings is 2. The number of nitrogens with one attached hydrogen (secondary N) is 1. The van der Waals surface area contributed by atoms with Crippen LogP contribution in [-0.4, -0.2) is 31.7 Å². The van der Waals surface area contributed by atoms with Crippen molar-refractivity contribution in [1.82, 2.24) is 0 Å². The van der Waals surface area contributed by atoms with Crippen molar-refractivity contribution in [2.75, 3.05) is 25.1 Å². The van der Waals surface area contributed by atoms with Gasteiger partial charge >= 0.3 is 5.97 Å². The summed E-state index contributed by atoms with van der Waals surface area (Å²) in [6, 6.07) is 13.1. The van der Waals surface area contributed by atoms with Crippen LogP contribution in [0.5, 0.6) is 0 Å². The first kappa shape index (κ1) is 18.0. The Balaban J connectivity index is 1.98. The standard InChI is InChI=1S/C18H18ClNO4/c1-2-23-10-11-24-18(22)14-4-3-5-16(12-14)20-17(21)13-6-8-15(19)9-7-13/h3-9,12H,2,10-11H2,1H3,(H,20,21). The van der Waals surface area contributed by atoms with Crippen LogP contribution in [0, 0.1) is 0 Å². The molecule has 0 aliphatic heterocycles. The summed E-state index contributed by atoms with van der Waals surface area (Å²) in [5, 5.41) is 3.29. The lowest BCUT2D eigenvalue weighted by Gasteiger charge is -2.08. The van der Waals surface area contributed by atoms with Gasteiger partial charge in [0.15, 0.2) is 0 Å². The summed E-state index contributed by atoms with van der Waals surface area (Å²) in [4.78, 5) is 24.1. The fourth-order valence-corrected chi connectivity index (χ4v) is 2.08. The minimum atomic E-state index is -0.461. The number of amides is 1. The molecule has 5 nitrogen and oxygen atoms in total. The second-order valence-corrected chi connectivity index (χ2v) is 5.31. The minimum absolute atomic E-state index is 0.189. The molecule has 2 rings (SSSR count). The lowest BCUT2D eigenvalue weighted by atomic mass is 10.1. The molecule has 24 heavy (non-hydrogen) atoms. The van der Waals surface area contributed by atoms with E-state index in [2.05, 4.69) is 5.32 Å². The summed E-state index contributed by atoms with van der Waals surface area (Å²) in [7, 11) is 0. The van der Waals surface area contributed by atoms with Crippen LogP contribution in [-0.2, 0) is 9.47 Å². The maximum absolute atomic E-state index is 12.2. The number of esters is 1. The molecule has 0 aliphatic rings. The Morgan fingerprint density at radius 1 is 1.04 bits per heavy atom. The number of anilines is 1. The van der Waals surface area contributed by atoms with Crippen molar-refractivity contribution >= 4 is 29.2 Å². The highest BCUT2D eigenvalue weighted by atomic mass is 35.5. The minimum Gasteiger partial charge on any atom is -0.460 e. The van der Waals surface area contributed by atoms with Gasteiger partial charge in [-0.25, -0.2) is 4.79 Å². The smallest absolute Gasteiger partial charge is 0.338 e. The molecular weight excluding hydrogens is 330 g/mol. The van der Waals surface area contributed by atoms with E-state index in [4.69, 9.17) is 21.1 Å². The third-order valence-corrected chi connectivity index (χ3v) is 3.38. The second-order valence-electron chi connectivity index (χ2n) is 4.87. The largest absolute Gasteiger partial charge is 0.460 e. The van der Waals surface area contributed by atoms with Gasteiger partial charge in [-0.1, -0.05) is 17.7 Å². The molecule has 0 radical (unpaired) electrons. The van der Waals surface area contributed by atoms with E-state index < -0.39 is 5.97 Å². The molecule has 2 aromatic carbocycles. The molecule has 2 aromatic rings. The van der Waals surface area contributed by atoms with Crippen molar-refractivity contribution in [2.24, 2.45) is 0 Å². The topological polar surface area (TPSA) is 64.6 Å². The Hall–Kier alpha value is -2.37. The van der Waals surface area contributed by atoms with Crippen LogP contribution in [0.3, 0.4) is 0 Å². The molecule has 0 spiro atoms. The van der Waals surface area contributed by atoms with Crippen LogP contribution >= 0.6 is 11.6 Å². The van der Waals surface area contributed by atoms with Gasteiger partial charge in [-0.3, -0.25) is 4.79 Å². The molecule has 126 valence electrons. The average molecular weight is 348 g/mol. The fourth-order valence-electron chi connectivity index (χ4n) is 1.95. The third kappa shape index (κ3) is 5.37. The number of hydrogen-bond acceptors (Lipinski definition) is 4. The lowest BCUT2D eigenvalue weighted by molar-refractivity contribution is 0.0335. The fraction of sp³-hybridized carbons (Fsp3) is 0.222. The highest BCUT2D eigenvalue weighted by Gasteiger charge is 2.10. The van der Waals surface area contributed by atoms with Crippen molar-refractivity contribution in [2.45, 2.75) is 6.92 Å². The Morgan fingerprint density at radius 2 is 1.79 bits per heavy atom. The van der Waals surface area contributed by atoms with E-state index in [9.17, 15) is 9.59 Å². The summed E-state index contributed by atoms with van der Waals surface area (Å²) in [6.45, 7) is 2.99. The number of hydrogen-bond donors (Lipinski definition) is 1. The molecule has 0 saturated carbocycles. The van der Waals surface area contributed by atoms with Crippen LogP contribution in [0.1, 0.15) is 27.6 Å². The van der Waals surface area contributed by atoms with Crippen molar-refractivity contribution in [3.8, 4) is 0 Å². The molecule has 0 saturated heterocycles. The monoisotopic (exact) mass is 347 g/mol. The highest BCUT2D eigenvalue weighted by Crippen LogP contribution is 2.15. The van der Waals surface area contributed by atoms with Gasteiger partial charge in [0.05, 0.1) is 12.2 Å². The summed E-state index contributed by atoms with van der Waals surface area (Å²) >= 11 is 5.80. The number of carbonyl (C=O) groups is 2. The summed E-state index contributed by atoms with van der Waals surface area (Å²) < 4.78 is 10.2. The molecule has 0 aliphatic carbocycles. The van der Waals surface area contributed by atoms with Gasteiger partial charge in [0.25, 0.3) is 5.91 Å². The van der Waals surface area contributed by atoms with Gasteiger partial charge < -0.3 is 14.8 Å². The normalized spacial score (nSPS) is 10.2. The van der Waals surface area contributed by atoms with E-state index in [-0.39, 0.29) is 12.5 Å². The number of rotatable bonds is 7. The third-order valence-electron chi connectivity index (χ3n) is 3.13. The lowest BCUT2D eigenvalue weighted by Crippen LogP contribution is -2.13. The maximum Gasteiger partial charge on any atom is 0.338 e. The maximum atomic E-state index is 12.2. The van der Waals surface area contributed by atoms with Gasteiger partial charge in [0, 0.05) is 22.9 Å². The molecular formula is C18H18ClNO4. The van der Waals surface area contributed by atoms with Crippen LogP contribution in [0.15, 0.2) is 48.5 Å². The molecule has 6 heteroatoms. The van der Waals surface area contributed by atoms with E-state index in [0.29, 0.717) is 35.1 Å². The molecule has 1 amide bonds. The quantitative estimate of drug-likeness (QED) is 0.611. The van der Waals surface area contributed by atoms with E-state index in [1.165, 1.54) is 0 Å². The van der Waals surface area contributed by atoms with Gasteiger partial charge in [0.1, 0.15) is 6.61 Å². The first-order valence-electron chi connectivity index (χ1n) is 7.52. The second kappa shape index (κ2) is 9.05. The zero-order chi connectivity index (χ0) is 17.4. The van der Waals surface area contributed by atoms with Crippen LogP contribution < -0.4 is 5.32 Å². The Morgan fingerprint density at radius 3 is 2.50 bits per heavy atom. The van der Waals surface area contributed by atoms with E-state index >= 15 is 0 Å². The molecule has 0 aromatic heterocycles. The van der Waals surface area contributed by atoms with Gasteiger partial charge in [0.2, 0.25) is 0 Å². The first-order valence-corrected chi connectivity index (χ1v) is 7.90. The number of carbonyl (C=O) groups excluding carboxylic acids is 2. The van der Waals surface area contributed by atoms with Crippen molar-refractivity contribution < 1.29 is 19.1 Å². The Labute approximate surface area is 145 Å². The Bertz CT molecular complexity index is 700. The first-order chi connectivity index (χ1) is 11.6. The number of halogens is 1. The molecule has 0 atom stereocenters. The zero-order valence-corrected chi connectivity index (χ0v) is 14.0. The van der Waals surface area contributed by atoms with Crippen LogP contribution in [0.25, 0.3) is 0 Å². The molecule has 0 fully saturated rings. The summed E-state index contributed by atoms with van der Waals surface area (Å²) in [6.07, 6.45) is 0. The molecule has 0 heterocycles.